The third-order valence-corrected chi connectivity index (χ3v) is 3.17. The van der Waals surface area contributed by atoms with Gasteiger partial charge in [0.15, 0.2) is 0 Å². The van der Waals surface area contributed by atoms with E-state index in [9.17, 15) is 23.1 Å². The van der Waals surface area contributed by atoms with Gasteiger partial charge in [-0.2, -0.15) is 13.2 Å². The Morgan fingerprint density at radius 3 is 2.18 bits per heavy atom. The Hall–Kier alpha value is -1.76. The number of nitrogens with one attached hydrogen (secondary N) is 2. The van der Waals surface area contributed by atoms with Gasteiger partial charge in [-0.05, 0) is 36.1 Å². The summed E-state index contributed by atoms with van der Waals surface area (Å²) in [7, 11) is 0. The Morgan fingerprint density at radius 2 is 1.73 bits per heavy atom. The van der Waals surface area contributed by atoms with Crippen molar-refractivity contribution < 1.29 is 23.1 Å². The van der Waals surface area contributed by atoms with Crippen molar-refractivity contribution >= 4 is 11.7 Å². The van der Waals surface area contributed by atoms with E-state index >= 15 is 0 Å². The second kappa shape index (κ2) is 7.00. The third kappa shape index (κ3) is 5.93. The minimum absolute atomic E-state index is 0.266. The summed E-state index contributed by atoms with van der Waals surface area (Å²) in [5.41, 5.74) is -0.778. The number of hydrogen-bond acceptors (Lipinski definition) is 2. The van der Waals surface area contributed by atoms with Gasteiger partial charge in [-0.3, -0.25) is 0 Å². The SMILES string of the molecule is CC(C)(C)[C@@H](O)CCNC(=O)Nc1ccc(C(F)(F)F)cc1. The van der Waals surface area contributed by atoms with E-state index in [1.54, 1.807) is 0 Å². The van der Waals surface area contributed by atoms with Crippen molar-refractivity contribution in [2.24, 2.45) is 5.41 Å². The number of alkyl halides is 3. The number of hydrogen-bond donors (Lipinski definition) is 3. The van der Waals surface area contributed by atoms with Crippen LogP contribution in [-0.4, -0.2) is 23.8 Å². The highest BCUT2D eigenvalue weighted by Crippen LogP contribution is 2.29. The second-order valence-corrected chi connectivity index (χ2v) is 6.13. The largest absolute Gasteiger partial charge is 0.416 e. The van der Waals surface area contributed by atoms with Crippen LogP contribution in [0.5, 0.6) is 0 Å². The van der Waals surface area contributed by atoms with Crippen LogP contribution in [0.2, 0.25) is 0 Å². The fraction of sp³-hybridized carbons (Fsp3) is 0.533. The van der Waals surface area contributed by atoms with E-state index < -0.39 is 23.9 Å². The average molecular weight is 318 g/mol. The zero-order valence-corrected chi connectivity index (χ0v) is 12.8. The monoisotopic (exact) mass is 318 g/mol. The van der Waals surface area contributed by atoms with Crippen molar-refractivity contribution in [2.75, 3.05) is 11.9 Å². The molecule has 22 heavy (non-hydrogen) atoms. The first-order valence-electron chi connectivity index (χ1n) is 6.90. The van der Waals surface area contributed by atoms with Gasteiger partial charge < -0.3 is 15.7 Å². The zero-order chi connectivity index (χ0) is 17.0. The molecule has 4 nitrogen and oxygen atoms in total. The Morgan fingerprint density at radius 1 is 1.18 bits per heavy atom. The molecular formula is C15H21F3N2O2. The van der Waals surface area contributed by atoms with Crippen LogP contribution in [0.3, 0.4) is 0 Å². The molecule has 3 N–H and O–H groups in total. The number of benzene rings is 1. The molecule has 0 saturated carbocycles. The van der Waals surface area contributed by atoms with Crippen molar-refractivity contribution in [3.63, 3.8) is 0 Å². The van der Waals surface area contributed by atoms with Crippen LogP contribution in [-0.2, 0) is 6.18 Å². The highest BCUT2D eigenvalue weighted by molar-refractivity contribution is 5.89. The van der Waals surface area contributed by atoms with Crippen LogP contribution in [0.25, 0.3) is 0 Å². The number of rotatable bonds is 4. The lowest BCUT2D eigenvalue weighted by Gasteiger charge is -2.25. The van der Waals surface area contributed by atoms with Gasteiger partial charge in [0.25, 0.3) is 0 Å². The smallest absolute Gasteiger partial charge is 0.393 e. The molecule has 0 fully saturated rings. The molecule has 0 unspecified atom stereocenters. The molecule has 0 spiro atoms. The van der Waals surface area contributed by atoms with E-state index in [2.05, 4.69) is 10.6 Å². The first kappa shape index (κ1) is 18.3. The highest BCUT2D eigenvalue weighted by Gasteiger charge is 2.30. The van der Waals surface area contributed by atoms with E-state index in [0.717, 1.165) is 12.1 Å². The van der Waals surface area contributed by atoms with Crippen LogP contribution in [0, 0.1) is 5.41 Å². The Labute approximate surface area is 127 Å². The van der Waals surface area contributed by atoms with E-state index in [1.165, 1.54) is 12.1 Å². The van der Waals surface area contributed by atoms with Crippen LogP contribution in [0.1, 0.15) is 32.8 Å². The number of carbonyl (C=O) groups is 1. The van der Waals surface area contributed by atoms with Gasteiger partial charge in [-0.25, -0.2) is 4.79 Å². The van der Waals surface area contributed by atoms with Crippen LogP contribution in [0.4, 0.5) is 23.7 Å². The van der Waals surface area contributed by atoms with Gasteiger partial charge in [0.2, 0.25) is 0 Å². The van der Waals surface area contributed by atoms with E-state index in [-0.39, 0.29) is 17.6 Å². The molecule has 7 heteroatoms. The van der Waals surface area contributed by atoms with Crippen molar-refractivity contribution in [3.8, 4) is 0 Å². The fourth-order valence-corrected chi connectivity index (χ4v) is 1.67. The van der Waals surface area contributed by atoms with Crippen LogP contribution in [0.15, 0.2) is 24.3 Å². The van der Waals surface area contributed by atoms with Crippen LogP contribution >= 0.6 is 0 Å². The highest BCUT2D eigenvalue weighted by atomic mass is 19.4. The summed E-state index contributed by atoms with van der Waals surface area (Å²) >= 11 is 0. The molecule has 0 radical (unpaired) electrons. The summed E-state index contributed by atoms with van der Waals surface area (Å²) in [5, 5.41) is 14.8. The van der Waals surface area contributed by atoms with Crippen LogP contribution < -0.4 is 10.6 Å². The van der Waals surface area contributed by atoms with Crippen molar-refractivity contribution in [2.45, 2.75) is 39.5 Å². The van der Waals surface area contributed by atoms with Gasteiger partial charge in [0.1, 0.15) is 0 Å². The molecule has 1 aromatic rings. The average Bonchev–Trinajstić information content (AvgIpc) is 2.37. The summed E-state index contributed by atoms with van der Waals surface area (Å²) in [6.07, 6.45) is -4.56. The maximum Gasteiger partial charge on any atom is 0.416 e. The summed E-state index contributed by atoms with van der Waals surface area (Å²) in [6, 6.07) is 3.65. The summed E-state index contributed by atoms with van der Waals surface area (Å²) < 4.78 is 37.2. The Kier molecular flexibility index (Phi) is 5.82. The molecule has 0 aromatic heterocycles. The molecule has 1 atom stereocenters. The van der Waals surface area contributed by atoms with E-state index in [1.807, 2.05) is 20.8 Å². The topological polar surface area (TPSA) is 61.4 Å². The first-order chi connectivity index (χ1) is 10.00. The number of anilines is 1. The second-order valence-electron chi connectivity index (χ2n) is 6.13. The lowest BCUT2D eigenvalue weighted by atomic mass is 9.87. The molecule has 1 aromatic carbocycles. The molecule has 0 heterocycles. The van der Waals surface area contributed by atoms with E-state index in [0.29, 0.717) is 6.42 Å². The Balaban J connectivity index is 2.43. The van der Waals surface area contributed by atoms with Crippen molar-refractivity contribution in [3.05, 3.63) is 29.8 Å². The zero-order valence-electron chi connectivity index (χ0n) is 12.8. The lowest BCUT2D eigenvalue weighted by molar-refractivity contribution is -0.137. The predicted octanol–water partition coefficient (Wildman–Crippen LogP) is 3.62. The molecule has 124 valence electrons. The van der Waals surface area contributed by atoms with Gasteiger partial charge in [0, 0.05) is 12.2 Å². The third-order valence-electron chi connectivity index (χ3n) is 3.17. The standard InChI is InChI=1S/C15H21F3N2O2/c1-14(2,3)12(21)8-9-19-13(22)20-11-6-4-10(5-7-11)15(16,17)18/h4-7,12,21H,8-9H2,1-3H3,(H2,19,20,22)/t12-/m0/s1. The van der Waals surface area contributed by atoms with Gasteiger partial charge in [0.05, 0.1) is 11.7 Å². The molecule has 0 aliphatic carbocycles. The maximum absolute atomic E-state index is 12.4. The van der Waals surface area contributed by atoms with Gasteiger partial charge >= 0.3 is 12.2 Å². The summed E-state index contributed by atoms with van der Waals surface area (Å²) in [6.45, 7) is 5.94. The van der Waals surface area contributed by atoms with Crippen molar-refractivity contribution in [1.29, 1.82) is 0 Å². The molecule has 0 aliphatic rings. The quantitative estimate of drug-likeness (QED) is 0.794. The molecule has 0 saturated heterocycles. The fourth-order valence-electron chi connectivity index (χ4n) is 1.67. The summed E-state index contributed by atoms with van der Waals surface area (Å²) in [4.78, 5) is 11.6. The number of carbonyl (C=O) groups excluding carboxylic acids is 1. The molecule has 1 rings (SSSR count). The minimum Gasteiger partial charge on any atom is -0.393 e. The van der Waals surface area contributed by atoms with Gasteiger partial charge in [-0.15, -0.1) is 0 Å². The van der Waals surface area contributed by atoms with Crippen molar-refractivity contribution in [1.82, 2.24) is 5.32 Å². The number of amides is 2. The molecule has 2 amide bonds. The number of urea groups is 1. The number of aliphatic hydroxyl groups is 1. The Bertz CT molecular complexity index is 493. The van der Waals surface area contributed by atoms with Gasteiger partial charge in [-0.1, -0.05) is 20.8 Å². The normalized spacial score (nSPS) is 13.6. The minimum atomic E-state index is -4.40. The molecule has 0 bridgehead atoms. The molecular weight excluding hydrogens is 297 g/mol. The lowest BCUT2D eigenvalue weighted by Crippen LogP contribution is -2.34. The molecule has 0 aliphatic heterocycles. The maximum atomic E-state index is 12.4. The van der Waals surface area contributed by atoms with E-state index in [4.69, 9.17) is 0 Å². The predicted molar refractivity (Wildman–Crippen MR) is 78.5 cm³/mol. The number of halogens is 3. The first-order valence-corrected chi connectivity index (χ1v) is 6.90. The number of aliphatic hydroxyl groups excluding tert-OH is 1. The summed E-state index contributed by atoms with van der Waals surface area (Å²) in [5.74, 6) is 0.